The minimum Gasteiger partial charge on any atom is -0.352 e. The summed E-state index contributed by atoms with van der Waals surface area (Å²) in [5.74, 6) is 0.0472. The fraction of sp³-hybridized carbons (Fsp3) is 0.414. The Labute approximate surface area is 222 Å². The van der Waals surface area contributed by atoms with E-state index in [0.29, 0.717) is 11.5 Å². The second kappa shape index (κ2) is 10.7. The summed E-state index contributed by atoms with van der Waals surface area (Å²) in [6.45, 7) is 12.2. The number of halogens is 1. The lowest BCUT2D eigenvalue weighted by molar-refractivity contribution is -0.123. The number of nitrogens with zero attached hydrogens (tertiary/aromatic N) is 3. The first-order chi connectivity index (χ1) is 17.5. The van der Waals surface area contributed by atoms with Gasteiger partial charge in [-0.05, 0) is 55.7 Å². The molecule has 37 heavy (non-hydrogen) atoms. The van der Waals surface area contributed by atoms with E-state index < -0.39 is 0 Å². The van der Waals surface area contributed by atoms with E-state index in [2.05, 4.69) is 45.1 Å². The van der Waals surface area contributed by atoms with Crippen LogP contribution in [0.2, 0.25) is 0 Å². The highest BCUT2D eigenvalue weighted by Gasteiger charge is 2.40. The van der Waals surface area contributed by atoms with Crippen molar-refractivity contribution in [1.29, 1.82) is 0 Å². The van der Waals surface area contributed by atoms with E-state index in [1.54, 1.807) is 33.5 Å². The van der Waals surface area contributed by atoms with Crippen molar-refractivity contribution < 1.29 is 14.0 Å². The largest absolute Gasteiger partial charge is 0.352 e. The first-order valence-corrected chi connectivity index (χ1v) is 13.7. The van der Waals surface area contributed by atoms with Gasteiger partial charge in [0.25, 0.3) is 0 Å². The number of carbonyl (C=O) groups excluding carboxylic acids is 2. The molecule has 1 N–H and O–H groups in total. The summed E-state index contributed by atoms with van der Waals surface area (Å²) in [4.78, 5) is 28.3. The maximum absolute atomic E-state index is 13.8. The van der Waals surface area contributed by atoms with Crippen molar-refractivity contribution in [3.8, 4) is 5.69 Å². The molecule has 4 rings (SSSR count). The highest BCUT2D eigenvalue weighted by Crippen LogP contribution is 2.49. The van der Waals surface area contributed by atoms with E-state index in [1.165, 1.54) is 12.1 Å². The minimum atomic E-state index is -0.354. The normalized spacial score (nSPS) is 16.8. The lowest BCUT2D eigenvalue weighted by Crippen LogP contribution is -2.44. The molecule has 1 aromatic heterocycles. The van der Waals surface area contributed by atoms with Gasteiger partial charge in [0, 0.05) is 17.0 Å². The standard InChI is InChI=1S/C29H35FN4O2S/c1-7-19(3)31-23(35)16-33-24(36)17-37-26(22-11-9-8-10-18(22)2)25-27(29(4,5)6)32-34(28(25)33)21-14-12-20(30)13-15-21/h8-15,19,26H,7,16-17H2,1-6H3,(H,31,35)/t19-,26+/m1/s1. The van der Waals surface area contributed by atoms with Crippen LogP contribution in [-0.2, 0) is 15.0 Å². The van der Waals surface area contributed by atoms with Crippen molar-refractivity contribution in [2.45, 2.75) is 64.7 Å². The van der Waals surface area contributed by atoms with Crippen LogP contribution in [0.15, 0.2) is 48.5 Å². The number of anilines is 1. The molecule has 0 spiro atoms. The molecule has 1 aliphatic rings. The molecule has 0 saturated heterocycles. The highest BCUT2D eigenvalue weighted by molar-refractivity contribution is 8.00. The van der Waals surface area contributed by atoms with Gasteiger partial charge in [-0.2, -0.15) is 5.10 Å². The van der Waals surface area contributed by atoms with Gasteiger partial charge in [0.2, 0.25) is 11.8 Å². The van der Waals surface area contributed by atoms with Crippen LogP contribution in [0.3, 0.4) is 0 Å². The Balaban J connectivity index is 1.99. The molecule has 0 unspecified atom stereocenters. The number of amides is 2. The van der Waals surface area contributed by atoms with Crippen LogP contribution in [0.4, 0.5) is 10.2 Å². The molecule has 0 bridgehead atoms. The molecule has 6 nitrogen and oxygen atoms in total. The van der Waals surface area contributed by atoms with Gasteiger partial charge in [0.1, 0.15) is 18.2 Å². The van der Waals surface area contributed by atoms with E-state index in [1.807, 2.05) is 26.0 Å². The minimum absolute atomic E-state index is 0.00436. The highest BCUT2D eigenvalue weighted by atomic mass is 32.2. The van der Waals surface area contributed by atoms with Crippen LogP contribution >= 0.6 is 11.8 Å². The Kier molecular flexibility index (Phi) is 7.78. The molecule has 196 valence electrons. The average molecular weight is 523 g/mol. The Morgan fingerprint density at radius 1 is 1.19 bits per heavy atom. The Morgan fingerprint density at radius 2 is 1.86 bits per heavy atom. The molecule has 0 radical (unpaired) electrons. The predicted octanol–water partition coefficient (Wildman–Crippen LogP) is 5.70. The maximum Gasteiger partial charge on any atom is 0.240 e. The van der Waals surface area contributed by atoms with Gasteiger partial charge < -0.3 is 5.32 Å². The molecule has 3 aromatic rings. The van der Waals surface area contributed by atoms with Crippen molar-refractivity contribution in [2.75, 3.05) is 17.2 Å². The summed E-state index contributed by atoms with van der Waals surface area (Å²) in [6, 6.07) is 14.2. The molecule has 2 amide bonds. The van der Waals surface area contributed by atoms with Gasteiger partial charge in [-0.15, -0.1) is 11.8 Å². The Morgan fingerprint density at radius 3 is 2.49 bits per heavy atom. The van der Waals surface area contributed by atoms with Crippen LogP contribution in [0.25, 0.3) is 5.69 Å². The second-order valence-electron chi connectivity index (χ2n) is 10.6. The van der Waals surface area contributed by atoms with Gasteiger partial charge in [-0.3, -0.25) is 14.5 Å². The fourth-order valence-electron chi connectivity index (χ4n) is 4.53. The van der Waals surface area contributed by atoms with Crippen LogP contribution in [-0.4, -0.2) is 39.9 Å². The number of benzene rings is 2. The number of hydrogen-bond acceptors (Lipinski definition) is 4. The summed E-state index contributed by atoms with van der Waals surface area (Å²) in [5.41, 5.74) is 4.26. The zero-order chi connectivity index (χ0) is 26.9. The van der Waals surface area contributed by atoms with E-state index in [0.717, 1.165) is 28.8 Å². The third-order valence-electron chi connectivity index (χ3n) is 6.66. The van der Waals surface area contributed by atoms with Gasteiger partial charge in [-0.1, -0.05) is 52.0 Å². The van der Waals surface area contributed by atoms with Crippen molar-refractivity contribution in [2.24, 2.45) is 0 Å². The first kappa shape index (κ1) is 26.9. The van der Waals surface area contributed by atoms with Crippen molar-refractivity contribution in [1.82, 2.24) is 15.1 Å². The first-order valence-electron chi connectivity index (χ1n) is 12.7. The average Bonchev–Trinajstić information content (AvgIpc) is 3.18. The van der Waals surface area contributed by atoms with Crippen molar-refractivity contribution >= 4 is 29.4 Å². The van der Waals surface area contributed by atoms with Crippen LogP contribution in [0.1, 0.15) is 68.7 Å². The summed E-state index contributed by atoms with van der Waals surface area (Å²) < 4.78 is 15.6. The summed E-state index contributed by atoms with van der Waals surface area (Å²) in [6.07, 6.45) is 0.790. The van der Waals surface area contributed by atoms with Crippen molar-refractivity contribution in [3.63, 3.8) is 0 Å². The molecular weight excluding hydrogens is 487 g/mol. The quantitative estimate of drug-likeness (QED) is 0.451. The van der Waals surface area contributed by atoms with Gasteiger partial charge >= 0.3 is 0 Å². The Bertz CT molecular complexity index is 1300. The zero-order valence-corrected chi connectivity index (χ0v) is 23.2. The van der Waals surface area contributed by atoms with Crippen LogP contribution in [0.5, 0.6) is 0 Å². The third kappa shape index (κ3) is 5.59. The molecule has 2 heterocycles. The smallest absolute Gasteiger partial charge is 0.240 e. The SMILES string of the molecule is CC[C@@H](C)NC(=O)CN1C(=O)CS[C@@H](c2ccccc2C)c2c(C(C)(C)C)nn(-c3ccc(F)cc3)c21. The van der Waals surface area contributed by atoms with E-state index in [4.69, 9.17) is 5.10 Å². The monoisotopic (exact) mass is 522 g/mol. The molecule has 0 saturated carbocycles. The summed E-state index contributed by atoms with van der Waals surface area (Å²) in [5, 5.41) is 7.86. The van der Waals surface area contributed by atoms with E-state index in [9.17, 15) is 14.0 Å². The summed E-state index contributed by atoms with van der Waals surface area (Å²) in [7, 11) is 0. The van der Waals surface area contributed by atoms with Gasteiger partial charge in [-0.25, -0.2) is 9.07 Å². The predicted molar refractivity (Wildman–Crippen MR) is 148 cm³/mol. The number of carbonyl (C=O) groups is 2. The zero-order valence-electron chi connectivity index (χ0n) is 22.3. The Hall–Kier alpha value is -3.13. The number of aryl methyl sites for hydroxylation is 1. The number of aromatic nitrogens is 2. The number of fused-ring (bicyclic) bond motifs is 1. The topological polar surface area (TPSA) is 67.2 Å². The lowest BCUT2D eigenvalue weighted by Gasteiger charge is -2.25. The fourth-order valence-corrected chi connectivity index (χ4v) is 5.82. The van der Waals surface area contributed by atoms with Crippen molar-refractivity contribution in [3.05, 3.63) is 76.7 Å². The molecule has 1 aliphatic heterocycles. The van der Waals surface area contributed by atoms with Gasteiger partial charge in [0.15, 0.2) is 0 Å². The summed E-state index contributed by atoms with van der Waals surface area (Å²) >= 11 is 1.56. The number of thioether (sulfide) groups is 1. The number of rotatable bonds is 6. The van der Waals surface area contributed by atoms with E-state index in [-0.39, 0.29) is 46.6 Å². The molecule has 0 aliphatic carbocycles. The van der Waals surface area contributed by atoms with E-state index >= 15 is 0 Å². The number of hydrogen-bond donors (Lipinski definition) is 1. The van der Waals surface area contributed by atoms with Crippen LogP contribution < -0.4 is 10.2 Å². The lowest BCUT2D eigenvalue weighted by atomic mass is 9.86. The number of nitrogens with one attached hydrogen (secondary N) is 1. The maximum atomic E-state index is 13.8. The molecule has 2 aromatic carbocycles. The molecular formula is C29H35FN4O2S. The molecule has 0 fully saturated rings. The second-order valence-corrected chi connectivity index (χ2v) is 11.7. The van der Waals surface area contributed by atoms with Crippen LogP contribution in [0, 0.1) is 12.7 Å². The van der Waals surface area contributed by atoms with Gasteiger partial charge in [0.05, 0.1) is 22.4 Å². The molecule has 8 heteroatoms. The third-order valence-corrected chi connectivity index (χ3v) is 7.90. The molecule has 2 atom stereocenters.